The number of fused-ring (bicyclic) bond motifs is 2. The highest BCUT2D eigenvalue weighted by Crippen LogP contribution is 2.42. The quantitative estimate of drug-likeness (QED) is 0.428. The molecule has 0 aromatic carbocycles. The summed E-state index contributed by atoms with van der Waals surface area (Å²) in [5, 5.41) is 4.83. The Morgan fingerprint density at radius 2 is 1.81 bits per heavy atom. The monoisotopic (exact) mass is 491 g/mol. The highest BCUT2D eigenvalue weighted by atomic mass is 19.4. The van der Waals surface area contributed by atoms with Crippen LogP contribution in [0.25, 0.3) is 38.9 Å². The van der Waals surface area contributed by atoms with Gasteiger partial charge in [0.05, 0.1) is 17.1 Å². The molecule has 6 rings (SSSR count). The molecule has 0 saturated carbocycles. The lowest BCUT2D eigenvalue weighted by Crippen LogP contribution is -2.44. The maximum atomic E-state index is 13.7. The number of aromatic amines is 1. The summed E-state index contributed by atoms with van der Waals surface area (Å²) < 4.78 is 41.2. The topological polar surface area (TPSA) is 82.6 Å². The summed E-state index contributed by atoms with van der Waals surface area (Å²) in [5.74, 6) is 1.22. The van der Waals surface area contributed by atoms with Crippen LogP contribution in [-0.4, -0.2) is 57.3 Å². The first-order chi connectivity index (χ1) is 17.2. The van der Waals surface area contributed by atoms with E-state index < -0.39 is 11.6 Å². The number of piperazine rings is 1. The van der Waals surface area contributed by atoms with Crippen molar-refractivity contribution in [3.8, 4) is 11.4 Å². The summed E-state index contributed by atoms with van der Waals surface area (Å²) in [6.45, 7) is 5.53. The van der Waals surface area contributed by atoms with Gasteiger partial charge in [-0.25, -0.2) is 15.0 Å². The van der Waals surface area contributed by atoms with Gasteiger partial charge < -0.3 is 15.2 Å². The van der Waals surface area contributed by atoms with Crippen molar-refractivity contribution in [3.05, 3.63) is 60.2 Å². The molecule has 0 unspecified atom stereocenters. The number of nitrogens with zero attached hydrogens (tertiary/aromatic N) is 5. The average Bonchev–Trinajstić information content (AvgIpc) is 3.28. The van der Waals surface area contributed by atoms with E-state index in [1.165, 1.54) is 6.07 Å². The SMILES string of the molecule is CC(C)(c1cc2c(-c3nc(N4CCNCC4)c4c(C5=CC=C5)cncc4n3)ccnc2[nH]1)C(F)(F)F. The number of H-pyrrole nitrogens is 1. The van der Waals surface area contributed by atoms with E-state index in [1.807, 2.05) is 24.4 Å². The summed E-state index contributed by atoms with van der Waals surface area (Å²) in [6, 6.07) is 3.26. The van der Waals surface area contributed by atoms with Gasteiger partial charge in [0.25, 0.3) is 0 Å². The first-order valence-electron chi connectivity index (χ1n) is 11.8. The normalized spacial score (nSPS) is 16.5. The summed E-state index contributed by atoms with van der Waals surface area (Å²) in [7, 11) is 0. The van der Waals surface area contributed by atoms with Gasteiger partial charge in [0.1, 0.15) is 16.9 Å². The Labute approximate surface area is 205 Å². The van der Waals surface area contributed by atoms with Gasteiger partial charge in [-0.3, -0.25) is 4.98 Å². The summed E-state index contributed by atoms with van der Waals surface area (Å²) >= 11 is 0. The molecule has 1 fully saturated rings. The number of rotatable bonds is 4. The maximum Gasteiger partial charge on any atom is 0.399 e. The highest BCUT2D eigenvalue weighted by molar-refractivity contribution is 6.03. The molecule has 4 aromatic rings. The molecule has 2 N–H and O–H groups in total. The molecule has 10 heteroatoms. The summed E-state index contributed by atoms with van der Waals surface area (Å²) in [6.07, 6.45) is 6.73. The molecule has 0 amide bonds. The van der Waals surface area contributed by atoms with E-state index in [0.29, 0.717) is 27.9 Å². The number of alkyl halides is 3. The smallest absolute Gasteiger partial charge is 0.353 e. The number of anilines is 1. The Balaban J connectivity index is 1.57. The third-order valence-electron chi connectivity index (χ3n) is 7.02. The number of hydrogen-bond acceptors (Lipinski definition) is 6. The fraction of sp³-hybridized carbons (Fsp3) is 0.308. The van der Waals surface area contributed by atoms with E-state index in [2.05, 4.69) is 25.2 Å². The second kappa shape index (κ2) is 8.12. The molecule has 1 aliphatic heterocycles. The number of pyridine rings is 2. The van der Waals surface area contributed by atoms with Gasteiger partial charge in [0.2, 0.25) is 0 Å². The number of aromatic nitrogens is 5. The number of halogens is 3. The van der Waals surface area contributed by atoms with Crippen molar-refractivity contribution in [2.24, 2.45) is 0 Å². The summed E-state index contributed by atoms with van der Waals surface area (Å²) in [4.78, 5) is 23.7. The molecule has 1 aliphatic carbocycles. The molecule has 36 heavy (non-hydrogen) atoms. The molecule has 0 bridgehead atoms. The number of allylic oxidation sites excluding steroid dienone is 4. The highest BCUT2D eigenvalue weighted by Gasteiger charge is 2.49. The summed E-state index contributed by atoms with van der Waals surface area (Å²) in [5.41, 5.74) is 1.67. The van der Waals surface area contributed by atoms with Crippen molar-refractivity contribution in [2.75, 3.05) is 31.1 Å². The van der Waals surface area contributed by atoms with Crippen molar-refractivity contribution in [1.82, 2.24) is 30.2 Å². The van der Waals surface area contributed by atoms with Crippen molar-refractivity contribution in [3.63, 3.8) is 0 Å². The largest absolute Gasteiger partial charge is 0.399 e. The van der Waals surface area contributed by atoms with E-state index in [-0.39, 0.29) is 5.69 Å². The van der Waals surface area contributed by atoms with Crippen molar-refractivity contribution in [1.29, 1.82) is 0 Å². The predicted molar refractivity (Wildman–Crippen MR) is 134 cm³/mol. The van der Waals surface area contributed by atoms with Gasteiger partial charge in [-0.2, -0.15) is 13.2 Å². The standard InChI is InChI=1S/C26H24F3N7/c1-25(2,26(27,28)29)20-12-17-16(6-7-32-22(17)34-20)23-33-19-14-31-13-18(15-4-3-5-15)21(19)24(35-23)36-10-8-30-9-11-36/h3-7,12-14,30H,8-11H2,1-2H3,(H,32,34). The van der Waals surface area contributed by atoms with Crippen LogP contribution in [0.3, 0.4) is 0 Å². The van der Waals surface area contributed by atoms with Gasteiger partial charge >= 0.3 is 6.18 Å². The number of hydrogen-bond donors (Lipinski definition) is 2. The van der Waals surface area contributed by atoms with E-state index in [9.17, 15) is 13.2 Å². The minimum atomic E-state index is -4.42. The van der Waals surface area contributed by atoms with Gasteiger partial charge in [0.15, 0.2) is 5.82 Å². The molecule has 7 nitrogen and oxygen atoms in total. The Morgan fingerprint density at radius 1 is 1.03 bits per heavy atom. The molecule has 0 radical (unpaired) electrons. The number of nitrogens with one attached hydrogen (secondary N) is 2. The first kappa shape index (κ1) is 22.7. The second-order valence-corrected chi connectivity index (χ2v) is 9.60. The zero-order valence-corrected chi connectivity index (χ0v) is 19.8. The van der Waals surface area contributed by atoms with Crippen molar-refractivity contribution < 1.29 is 13.2 Å². The lowest BCUT2D eigenvalue weighted by atomic mass is 9.88. The molecular weight excluding hydrogens is 467 g/mol. The van der Waals surface area contributed by atoms with Crippen LogP contribution in [0.1, 0.15) is 25.1 Å². The minimum absolute atomic E-state index is 0.0423. The van der Waals surface area contributed by atoms with Gasteiger partial charge in [-0.05, 0) is 31.6 Å². The van der Waals surface area contributed by atoms with Crippen molar-refractivity contribution >= 4 is 33.3 Å². The van der Waals surface area contributed by atoms with Crippen LogP contribution in [0.4, 0.5) is 19.0 Å². The van der Waals surface area contributed by atoms with Crippen LogP contribution < -0.4 is 10.2 Å². The van der Waals surface area contributed by atoms with Crippen LogP contribution in [0, 0.1) is 0 Å². The third kappa shape index (κ3) is 3.55. The molecule has 5 heterocycles. The fourth-order valence-electron chi connectivity index (χ4n) is 4.59. The molecule has 0 atom stereocenters. The van der Waals surface area contributed by atoms with Crippen LogP contribution in [-0.2, 0) is 5.41 Å². The lowest BCUT2D eigenvalue weighted by Gasteiger charge is -2.30. The van der Waals surface area contributed by atoms with Gasteiger partial charge in [-0.1, -0.05) is 18.2 Å². The van der Waals surface area contributed by atoms with E-state index >= 15 is 0 Å². The van der Waals surface area contributed by atoms with E-state index in [4.69, 9.17) is 9.97 Å². The minimum Gasteiger partial charge on any atom is -0.353 e. The maximum absolute atomic E-state index is 13.7. The van der Waals surface area contributed by atoms with Gasteiger partial charge in [0, 0.05) is 60.8 Å². The zero-order chi connectivity index (χ0) is 25.1. The van der Waals surface area contributed by atoms with Crippen molar-refractivity contribution in [2.45, 2.75) is 25.4 Å². The molecule has 2 aliphatic rings. The van der Waals surface area contributed by atoms with Crippen LogP contribution >= 0.6 is 0 Å². The molecule has 184 valence electrons. The Bertz CT molecular complexity index is 1540. The Hall–Kier alpha value is -3.79. The second-order valence-electron chi connectivity index (χ2n) is 9.60. The molecule has 1 saturated heterocycles. The molecule has 4 aromatic heterocycles. The third-order valence-corrected chi connectivity index (χ3v) is 7.02. The van der Waals surface area contributed by atoms with Crippen LogP contribution in [0.2, 0.25) is 0 Å². The van der Waals surface area contributed by atoms with Gasteiger partial charge in [-0.15, -0.1) is 0 Å². The Morgan fingerprint density at radius 3 is 2.50 bits per heavy atom. The molecule has 0 spiro atoms. The predicted octanol–water partition coefficient (Wildman–Crippen LogP) is 4.77. The lowest BCUT2D eigenvalue weighted by molar-refractivity contribution is -0.181. The molecular formula is C26H24F3N7. The zero-order valence-electron chi connectivity index (χ0n) is 19.8. The fourth-order valence-corrected chi connectivity index (χ4v) is 4.59. The average molecular weight is 492 g/mol. The van der Waals surface area contributed by atoms with E-state index in [1.54, 1.807) is 18.5 Å². The van der Waals surface area contributed by atoms with Crippen LogP contribution in [0.5, 0.6) is 0 Å². The van der Waals surface area contributed by atoms with Crippen LogP contribution in [0.15, 0.2) is 49.0 Å². The Kier molecular flexibility index (Phi) is 5.11. The van der Waals surface area contributed by atoms with E-state index in [0.717, 1.165) is 62.4 Å². The first-order valence-corrected chi connectivity index (χ1v) is 11.8.